The van der Waals surface area contributed by atoms with E-state index in [4.69, 9.17) is 17.0 Å². The minimum atomic E-state index is -0.0130. The number of rotatable bonds is 1. The molecule has 0 saturated carbocycles. The molecule has 1 heterocycles. The van der Waals surface area contributed by atoms with Gasteiger partial charge < -0.3 is 15.0 Å². The summed E-state index contributed by atoms with van der Waals surface area (Å²) in [5, 5.41) is 3.79. The lowest BCUT2D eigenvalue weighted by atomic mass is 10.1. The number of thiocarbonyl (C=S) groups is 1. The Morgan fingerprint density at radius 3 is 2.75 bits per heavy atom. The number of methoxy groups -OCH3 is 1. The second-order valence-corrected chi connectivity index (χ2v) is 3.77. The van der Waals surface area contributed by atoms with E-state index in [1.54, 1.807) is 7.11 Å². The fourth-order valence-electron chi connectivity index (χ4n) is 1.43. The van der Waals surface area contributed by atoms with Gasteiger partial charge >= 0.3 is 0 Å². The molecular formula is C8H16N2OS. The fourth-order valence-corrected chi connectivity index (χ4v) is 1.59. The third-order valence-electron chi connectivity index (χ3n) is 2.43. The van der Waals surface area contributed by atoms with Gasteiger partial charge in [0.05, 0.1) is 5.60 Å². The van der Waals surface area contributed by atoms with E-state index in [1.165, 1.54) is 0 Å². The topological polar surface area (TPSA) is 24.5 Å². The monoisotopic (exact) mass is 188 g/mol. The number of ether oxygens (including phenoxy) is 1. The van der Waals surface area contributed by atoms with Gasteiger partial charge in [-0.05, 0) is 25.6 Å². The predicted octanol–water partition coefficient (Wildman–Crippen LogP) is 0.602. The van der Waals surface area contributed by atoms with E-state index < -0.39 is 0 Å². The molecular weight excluding hydrogens is 172 g/mol. The summed E-state index contributed by atoms with van der Waals surface area (Å²) in [6.45, 7) is 4.00. The van der Waals surface area contributed by atoms with Crippen molar-refractivity contribution in [3.8, 4) is 0 Å². The fraction of sp³-hybridized carbons (Fsp3) is 0.875. The molecule has 1 unspecified atom stereocenters. The van der Waals surface area contributed by atoms with Crippen LogP contribution in [0.3, 0.4) is 0 Å². The summed E-state index contributed by atoms with van der Waals surface area (Å²) in [7, 11) is 3.61. The number of nitrogens with one attached hydrogen (secondary N) is 1. The molecule has 3 nitrogen and oxygen atoms in total. The average Bonchev–Trinajstić information content (AvgIpc) is 2.48. The summed E-state index contributed by atoms with van der Waals surface area (Å²) in [6, 6.07) is 0. The van der Waals surface area contributed by atoms with Crippen LogP contribution < -0.4 is 5.32 Å². The normalized spacial score (nSPS) is 29.1. The summed E-state index contributed by atoms with van der Waals surface area (Å²) >= 11 is 5.12. The average molecular weight is 188 g/mol. The zero-order chi connectivity index (χ0) is 9.19. The van der Waals surface area contributed by atoms with Gasteiger partial charge in [-0.3, -0.25) is 0 Å². The van der Waals surface area contributed by atoms with Crippen LogP contribution in [0.25, 0.3) is 0 Å². The molecule has 1 aliphatic rings. The standard InChI is InChI=1S/C8H16N2OS/c1-8(11-3)4-5-10(6-8)7(12)9-2/h4-6H2,1-3H3,(H,9,12). The molecule has 0 aromatic carbocycles. The lowest BCUT2D eigenvalue weighted by Crippen LogP contribution is -2.39. The molecule has 4 heteroatoms. The first-order chi connectivity index (χ1) is 5.61. The first-order valence-corrected chi connectivity index (χ1v) is 4.54. The Labute approximate surface area is 79.1 Å². The van der Waals surface area contributed by atoms with Gasteiger partial charge in [0, 0.05) is 27.2 Å². The molecule has 1 aliphatic heterocycles. The molecule has 12 heavy (non-hydrogen) atoms. The van der Waals surface area contributed by atoms with Crippen LogP contribution in [0.1, 0.15) is 13.3 Å². The molecule has 1 rings (SSSR count). The van der Waals surface area contributed by atoms with Crippen molar-refractivity contribution in [2.45, 2.75) is 18.9 Å². The van der Waals surface area contributed by atoms with E-state index in [2.05, 4.69) is 17.1 Å². The molecule has 0 bridgehead atoms. The first kappa shape index (κ1) is 9.74. The number of likely N-dealkylation sites (tertiary alicyclic amines) is 1. The Hall–Kier alpha value is -0.350. The molecule has 1 N–H and O–H groups in total. The van der Waals surface area contributed by atoms with E-state index in [0.717, 1.165) is 24.6 Å². The maximum absolute atomic E-state index is 5.39. The highest BCUT2D eigenvalue weighted by molar-refractivity contribution is 7.80. The Morgan fingerprint density at radius 2 is 2.33 bits per heavy atom. The number of hydrogen-bond acceptors (Lipinski definition) is 2. The van der Waals surface area contributed by atoms with Crippen molar-refractivity contribution in [2.24, 2.45) is 0 Å². The molecule has 1 atom stereocenters. The van der Waals surface area contributed by atoms with Gasteiger partial charge in [0.25, 0.3) is 0 Å². The third-order valence-corrected chi connectivity index (χ3v) is 2.89. The van der Waals surface area contributed by atoms with E-state index in [1.807, 2.05) is 7.05 Å². The van der Waals surface area contributed by atoms with E-state index in [-0.39, 0.29) is 5.60 Å². The predicted molar refractivity (Wildman–Crippen MR) is 53.3 cm³/mol. The van der Waals surface area contributed by atoms with Gasteiger partial charge in [-0.2, -0.15) is 0 Å². The second-order valence-electron chi connectivity index (χ2n) is 3.38. The molecule has 0 aliphatic carbocycles. The summed E-state index contributed by atoms with van der Waals surface area (Å²) < 4.78 is 5.39. The Balaban J connectivity index is 2.50. The number of hydrogen-bond donors (Lipinski definition) is 1. The van der Waals surface area contributed by atoms with Crippen LogP contribution in [0.2, 0.25) is 0 Å². The van der Waals surface area contributed by atoms with Crippen molar-refractivity contribution in [3.05, 3.63) is 0 Å². The molecule has 0 aromatic rings. The first-order valence-electron chi connectivity index (χ1n) is 4.13. The maximum Gasteiger partial charge on any atom is 0.168 e. The minimum absolute atomic E-state index is 0.0130. The van der Waals surface area contributed by atoms with Gasteiger partial charge in [0.2, 0.25) is 0 Å². The molecule has 0 aromatic heterocycles. The van der Waals surface area contributed by atoms with Crippen molar-refractivity contribution in [3.63, 3.8) is 0 Å². The van der Waals surface area contributed by atoms with Gasteiger partial charge in [-0.1, -0.05) is 0 Å². The van der Waals surface area contributed by atoms with Crippen LogP contribution in [0, 0.1) is 0 Å². The quantitative estimate of drug-likeness (QED) is 0.609. The zero-order valence-corrected chi connectivity index (χ0v) is 8.70. The van der Waals surface area contributed by atoms with Crippen molar-refractivity contribution in [2.75, 3.05) is 27.2 Å². The highest BCUT2D eigenvalue weighted by atomic mass is 32.1. The molecule has 70 valence electrons. The molecule has 1 saturated heterocycles. The lowest BCUT2D eigenvalue weighted by Gasteiger charge is -2.23. The van der Waals surface area contributed by atoms with Crippen LogP contribution in [0.15, 0.2) is 0 Å². The summed E-state index contributed by atoms with van der Waals surface area (Å²) in [5.74, 6) is 0. The van der Waals surface area contributed by atoms with E-state index in [0.29, 0.717) is 0 Å². The van der Waals surface area contributed by atoms with Crippen LogP contribution in [-0.4, -0.2) is 42.9 Å². The van der Waals surface area contributed by atoms with Crippen LogP contribution >= 0.6 is 12.2 Å². The van der Waals surface area contributed by atoms with Crippen molar-refractivity contribution in [1.82, 2.24) is 10.2 Å². The SMILES string of the molecule is CNC(=S)N1CCC(C)(OC)C1. The Bertz CT molecular complexity index is 186. The lowest BCUT2D eigenvalue weighted by molar-refractivity contribution is 0.0192. The molecule has 0 radical (unpaired) electrons. The molecule has 1 fully saturated rings. The third kappa shape index (κ3) is 1.87. The summed E-state index contributed by atoms with van der Waals surface area (Å²) in [4.78, 5) is 2.14. The zero-order valence-electron chi connectivity index (χ0n) is 7.89. The van der Waals surface area contributed by atoms with E-state index in [9.17, 15) is 0 Å². The van der Waals surface area contributed by atoms with Crippen LogP contribution in [-0.2, 0) is 4.74 Å². The summed E-state index contributed by atoms with van der Waals surface area (Å²) in [5.41, 5.74) is -0.0130. The van der Waals surface area contributed by atoms with Crippen molar-refractivity contribution >= 4 is 17.3 Å². The number of nitrogens with zero attached hydrogens (tertiary/aromatic N) is 1. The van der Waals surface area contributed by atoms with Gasteiger partial charge in [0.1, 0.15) is 0 Å². The Morgan fingerprint density at radius 1 is 1.67 bits per heavy atom. The molecule has 0 spiro atoms. The summed E-state index contributed by atoms with van der Waals surface area (Å²) in [6.07, 6.45) is 1.05. The highest BCUT2D eigenvalue weighted by Crippen LogP contribution is 2.23. The smallest absolute Gasteiger partial charge is 0.168 e. The van der Waals surface area contributed by atoms with Gasteiger partial charge in [-0.25, -0.2) is 0 Å². The van der Waals surface area contributed by atoms with Crippen LogP contribution in [0.4, 0.5) is 0 Å². The van der Waals surface area contributed by atoms with Crippen LogP contribution in [0.5, 0.6) is 0 Å². The maximum atomic E-state index is 5.39. The van der Waals surface area contributed by atoms with Crippen molar-refractivity contribution in [1.29, 1.82) is 0 Å². The highest BCUT2D eigenvalue weighted by Gasteiger charge is 2.34. The van der Waals surface area contributed by atoms with E-state index >= 15 is 0 Å². The minimum Gasteiger partial charge on any atom is -0.377 e. The Kier molecular flexibility index (Phi) is 2.90. The largest absolute Gasteiger partial charge is 0.377 e. The van der Waals surface area contributed by atoms with Crippen molar-refractivity contribution < 1.29 is 4.74 Å². The van der Waals surface area contributed by atoms with Gasteiger partial charge in [-0.15, -0.1) is 0 Å². The van der Waals surface area contributed by atoms with Gasteiger partial charge in [0.15, 0.2) is 5.11 Å². The molecule has 0 amide bonds. The second kappa shape index (κ2) is 3.58.